The minimum Gasteiger partial charge on any atom is -0.315 e. The number of nitrogens with zero attached hydrogens (tertiary/aromatic N) is 1. The highest BCUT2D eigenvalue weighted by Crippen LogP contribution is 2.33. The molecule has 2 nitrogen and oxygen atoms in total. The van der Waals surface area contributed by atoms with Crippen molar-refractivity contribution in [2.24, 2.45) is 0 Å². The number of hydrogen-bond acceptors (Lipinski definition) is 2. The van der Waals surface area contributed by atoms with E-state index in [0.717, 1.165) is 29.0 Å². The third kappa shape index (κ3) is 2.69. The van der Waals surface area contributed by atoms with Crippen LogP contribution in [0.25, 0.3) is 0 Å². The Morgan fingerprint density at radius 3 is 2.53 bits per heavy atom. The van der Waals surface area contributed by atoms with Crippen LogP contribution in [0, 0.1) is 0 Å². The van der Waals surface area contributed by atoms with Crippen LogP contribution in [0.1, 0.15) is 11.1 Å². The fourth-order valence-electron chi connectivity index (χ4n) is 2.60. The van der Waals surface area contributed by atoms with E-state index < -0.39 is 0 Å². The molecule has 19 heavy (non-hydrogen) atoms. The van der Waals surface area contributed by atoms with Crippen molar-refractivity contribution >= 4 is 27.5 Å². The first-order valence-electron chi connectivity index (χ1n) is 6.24. The minimum absolute atomic E-state index is 0.174. The van der Waals surface area contributed by atoms with E-state index in [2.05, 4.69) is 44.4 Å². The maximum absolute atomic E-state index is 5.97. The van der Waals surface area contributed by atoms with Gasteiger partial charge in [-0.2, -0.15) is 0 Å². The Bertz CT molecular complexity index is 579. The highest BCUT2D eigenvalue weighted by molar-refractivity contribution is 9.10. The Labute approximate surface area is 126 Å². The average Bonchev–Trinajstić information content (AvgIpc) is 2.35. The molecule has 3 rings (SSSR count). The van der Waals surface area contributed by atoms with Gasteiger partial charge < -0.3 is 5.32 Å². The fraction of sp³-hybridized carbons (Fsp3) is 0.267. The van der Waals surface area contributed by atoms with E-state index in [-0.39, 0.29) is 5.41 Å². The monoisotopic (exact) mass is 336 g/mol. The van der Waals surface area contributed by atoms with E-state index in [4.69, 9.17) is 11.6 Å². The Hall–Kier alpha value is -0.900. The highest BCUT2D eigenvalue weighted by Gasteiger charge is 2.38. The number of pyridine rings is 1. The number of hydrogen-bond donors (Lipinski definition) is 1. The number of nitrogens with one attached hydrogen (secondary N) is 1. The highest BCUT2D eigenvalue weighted by atomic mass is 79.9. The lowest BCUT2D eigenvalue weighted by atomic mass is 9.71. The standard InChI is InChI=1S/C15H14BrClN2/c16-13-5-11(7-18-8-13)6-15(9-19-10-15)12-1-3-14(17)4-2-12/h1-5,7-8,19H,6,9-10H2. The molecule has 98 valence electrons. The summed E-state index contributed by atoms with van der Waals surface area (Å²) in [6.07, 6.45) is 4.76. The molecule has 1 aliphatic rings. The third-order valence-electron chi connectivity index (χ3n) is 3.69. The molecule has 2 aromatic rings. The summed E-state index contributed by atoms with van der Waals surface area (Å²) in [5.41, 5.74) is 2.77. The van der Waals surface area contributed by atoms with Crippen LogP contribution in [0.15, 0.2) is 47.2 Å². The molecule has 1 aromatic carbocycles. The van der Waals surface area contributed by atoms with Gasteiger partial charge in [0.05, 0.1) is 0 Å². The van der Waals surface area contributed by atoms with Gasteiger partial charge >= 0.3 is 0 Å². The van der Waals surface area contributed by atoms with Crippen LogP contribution in [0.5, 0.6) is 0 Å². The van der Waals surface area contributed by atoms with Crippen LogP contribution in [0.4, 0.5) is 0 Å². The molecule has 0 unspecified atom stereocenters. The van der Waals surface area contributed by atoms with Gasteiger partial charge in [0.1, 0.15) is 0 Å². The maximum atomic E-state index is 5.97. The second-order valence-corrected chi connectivity index (χ2v) is 6.43. The van der Waals surface area contributed by atoms with E-state index in [0.29, 0.717) is 0 Å². The van der Waals surface area contributed by atoms with Gasteiger partial charge in [0.15, 0.2) is 0 Å². The van der Waals surface area contributed by atoms with Gasteiger partial charge in [0.25, 0.3) is 0 Å². The van der Waals surface area contributed by atoms with Crippen LogP contribution in [-0.2, 0) is 11.8 Å². The molecule has 1 saturated heterocycles. The summed E-state index contributed by atoms with van der Waals surface area (Å²) in [6, 6.07) is 10.3. The zero-order chi connectivity index (χ0) is 13.3. The molecule has 0 amide bonds. The van der Waals surface area contributed by atoms with Crippen molar-refractivity contribution < 1.29 is 0 Å². The summed E-state index contributed by atoms with van der Waals surface area (Å²) in [5.74, 6) is 0. The molecule has 4 heteroatoms. The van der Waals surface area contributed by atoms with Gasteiger partial charge in [0.2, 0.25) is 0 Å². The van der Waals surface area contributed by atoms with Gasteiger partial charge in [-0.25, -0.2) is 0 Å². The van der Waals surface area contributed by atoms with Crippen molar-refractivity contribution in [3.05, 3.63) is 63.3 Å². The van der Waals surface area contributed by atoms with Crippen molar-refractivity contribution in [3.63, 3.8) is 0 Å². The summed E-state index contributed by atoms with van der Waals surface area (Å²) >= 11 is 9.45. The summed E-state index contributed by atoms with van der Waals surface area (Å²) in [6.45, 7) is 2.00. The Morgan fingerprint density at radius 1 is 1.21 bits per heavy atom. The maximum Gasteiger partial charge on any atom is 0.0410 e. The fourth-order valence-corrected chi connectivity index (χ4v) is 3.14. The summed E-state index contributed by atoms with van der Waals surface area (Å²) in [4.78, 5) is 4.25. The molecule has 1 aromatic heterocycles. The van der Waals surface area contributed by atoms with E-state index in [1.54, 1.807) is 0 Å². The Balaban J connectivity index is 1.89. The van der Waals surface area contributed by atoms with E-state index in [1.807, 2.05) is 24.5 Å². The predicted octanol–water partition coefficient (Wildman–Crippen LogP) is 3.58. The smallest absolute Gasteiger partial charge is 0.0410 e. The second kappa shape index (κ2) is 5.23. The van der Waals surface area contributed by atoms with Crippen LogP contribution in [0.3, 0.4) is 0 Å². The van der Waals surface area contributed by atoms with E-state index >= 15 is 0 Å². The van der Waals surface area contributed by atoms with Crippen molar-refractivity contribution in [3.8, 4) is 0 Å². The lowest BCUT2D eigenvalue weighted by molar-refractivity contribution is 0.274. The number of rotatable bonds is 3. The van der Waals surface area contributed by atoms with E-state index in [1.165, 1.54) is 11.1 Å². The van der Waals surface area contributed by atoms with Crippen LogP contribution in [-0.4, -0.2) is 18.1 Å². The van der Waals surface area contributed by atoms with Gasteiger partial charge in [-0.1, -0.05) is 23.7 Å². The molecular weight excluding hydrogens is 324 g/mol. The summed E-state index contributed by atoms with van der Waals surface area (Å²) in [7, 11) is 0. The van der Waals surface area contributed by atoms with Crippen LogP contribution < -0.4 is 5.32 Å². The average molecular weight is 338 g/mol. The Kier molecular flexibility index (Phi) is 3.61. The van der Waals surface area contributed by atoms with Crippen LogP contribution >= 0.6 is 27.5 Å². The van der Waals surface area contributed by atoms with Crippen molar-refractivity contribution in [2.75, 3.05) is 13.1 Å². The second-order valence-electron chi connectivity index (χ2n) is 5.08. The van der Waals surface area contributed by atoms with Gasteiger partial charge in [-0.05, 0) is 51.7 Å². The first kappa shape index (κ1) is 13.1. The number of halogens is 2. The Morgan fingerprint density at radius 2 is 1.95 bits per heavy atom. The molecule has 0 spiro atoms. The third-order valence-corrected chi connectivity index (χ3v) is 4.37. The van der Waals surface area contributed by atoms with Gasteiger partial charge in [0, 0.05) is 40.4 Å². The van der Waals surface area contributed by atoms with Crippen molar-refractivity contribution in [1.29, 1.82) is 0 Å². The lowest BCUT2D eigenvalue weighted by Gasteiger charge is -2.43. The quantitative estimate of drug-likeness (QED) is 0.926. The first-order valence-corrected chi connectivity index (χ1v) is 7.41. The predicted molar refractivity (Wildman–Crippen MR) is 81.6 cm³/mol. The molecular formula is C15H14BrClN2. The topological polar surface area (TPSA) is 24.9 Å². The zero-order valence-electron chi connectivity index (χ0n) is 10.4. The SMILES string of the molecule is Clc1ccc(C2(Cc3cncc(Br)c3)CNC2)cc1. The van der Waals surface area contributed by atoms with Gasteiger partial charge in [-0.15, -0.1) is 0 Å². The minimum atomic E-state index is 0.174. The van der Waals surface area contributed by atoms with Gasteiger partial charge in [-0.3, -0.25) is 4.98 Å². The first-order chi connectivity index (χ1) is 9.18. The van der Waals surface area contributed by atoms with Crippen LogP contribution in [0.2, 0.25) is 5.02 Å². The zero-order valence-corrected chi connectivity index (χ0v) is 12.7. The van der Waals surface area contributed by atoms with Crippen molar-refractivity contribution in [2.45, 2.75) is 11.8 Å². The normalized spacial score (nSPS) is 16.9. The number of benzene rings is 1. The molecule has 2 heterocycles. The molecule has 0 bridgehead atoms. The molecule has 0 aliphatic carbocycles. The van der Waals surface area contributed by atoms with E-state index in [9.17, 15) is 0 Å². The lowest BCUT2D eigenvalue weighted by Crippen LogP contribution is -2.58. The molecule has 0 radical (unpaired) electrons. The molecule has 0 atom stereocenters. The summed E-state index contributed by atoms with van der Waals surface area (Å²) in [5, 5.41) is 4.17. The molecule has 1 N–H and O–H groups in total. The largest absolute Gasteiger partial charge is 0.315 e. The van der Waals surface area contributed by atoms with Crippen molar-refractivity contribution in [1.82, 2.24) is 10.3 Å². The summed E-state index contributed by atoms with van der Waals surface area (Å²) < 4.78 is 1.03. The molecule has 0 saturated carbocycles. The molecule has 1 fully saturated rings. The molecule has 1 aliphatic heterocycles. The number of aromatic nitrogens is 1.